The normalized spacial score (nSPS) is 14.1. The van der Waals surface area contributed by atoms with E-state index in [4.69, 9.17) is 4.98 Å². The van der Waals surface area contributed by atoms with Crippen LogP contribution in [0, 0.1) is 0 Å². The van der Waals surface area contributed by atoms with Crippen molar-refractivity contribution in [1.29, 1.82) is 0 Å². The molecule has 0 amide bonds. The number of aryl methyl sites for hydroxylation is 2. The number of unbranched alkanes of at least 4 members (excludes halogenated alkanes) is 3. The Hall–Kier alpha value is -1.75. The van der Waals surface area contributed by atoms with Gasteiger partial charge < -0.3 is 5.32 Å². The van der Waals surface area contributed by atoms with Crippen molar-refractivity contribution >= 4 is 37.6 Å². The first-order valence-electron chi connectivity index (χ1n) is 10.1. The van der Waals surface area contributed by atoms with Crippen LogP contribution in [-0.4, -0.2) is 21.5 Å². The van der Waals surface area contributed by atoms with Gasteiger partial charge in [0.1, 0.15) is 17.0 Å². The molecular formula is C21H28N4S. The zero-order valence-electron chi connectivity index (χ0n) is 15.9. The molecule has 26 heavy (non-hydrogen) atoms. The molecule has 138 valence electrons. The molecule has 4 nitrogen and oxygen atoms in total. The zero-order valence-corrected chi connectivity index (χ0v) is 16.7. The van der Waals surface area contributed by atoms with E-state index in [2.05, 4.69) is 29.1 Å². The van der Waals surface area contributed by atoms with Crippen molar-refractivity contribution in [2.45, 2.75) is 71.6 Å². The fraction of sp³-hybridized carbons (Fsp3) is 0.571. The maximum absolute atomic E-state index is 5.03. The Morgan fingerprint density at radius 3 is 2.69 bits per heavy atom. The van der Waals surface area contributed by atoms with Crippen LogP contribution in [0.25, 0.3) is 20.4 Å². The summed E-state index contributed by atoms with van der Waals surface area (Å²) < 4.78 is 1.17. The van der Waals surface area contributed by atoms with Crippen LogP contribution in [0.5, 0.6) is 0 Å². The Labute approximate surface area is 159 Å². The number of rotatable bonds is 7. The van der Waals surface area contributed by atoms with E-state index in [0.717, 1.165) is 35.6 Å². The Morgan fingerprint density at radius 1 is 1.04 bits per heavy atom. The summed E-state index contributed by atoms with van der Waals surface area (Å²) in [6.45, 7) is 5.45. The van der Waals surface area contributed by atoms with Crippen molar-refractivity contribution in [3.8, 4) is 0 Å². The number of thiophene rings is 1. The van der Waals surface area contributed by atoms with Gasteiger partial charge in [-0.15, -0.1) is 11.3 Å². The lowest BCUT2D eigenvalue weighted by Gasteiger charge is -2.19. The molecule has 1 N–H and O–H groups in total. The van der Waals surface area contributed by atoms with Crippen molar-refractivity contribution in [1.82, 2.24) is 15.0 Å². The molecule has 3 heterocycles. The van der Waals surface area contributed by atoms with E-state index >= 15 is 0 Å². The third-order valence-corrected chi connectivity index (χ3v) is 6.54. The number of nitrogens with zero attached hydrogens (tertiary/aromatic N) is 3. The molecule has 3 aromatic rings. The second-order valence-electron chi connectivity index (χ2n) is 7.25. The number of hydrogen-bond donors (Lipinski definition) is 1. The molecule has 0 saturated carbocycles. The number of fused-ring (bicyclic) bond motifs is 5. The number of pyridine rings is 1. The number of aromatic nitrogens is 3. The molecule has 0 saturated heterocycles. The second kappa shape index (κ2) is 7.87. The number of nitrogens with one attached hydrogen (secondary N) is 1. The van der Waals surface area contributed by atoms with Gasteiger partial charge in [0.05, 0.1) is 10.2 Å². The SMILES string of the molecule is CCCCCCNc1ncnc2c1sc1nc(CC)c3c(c12)CCCC3. The van der Waals surface area contributed by atoms with Crippen molar-refractivity contribution < 1.29 is 0 Å². The Bertz CT molecular complexity index is 915. The summed E-state index contributed by atoms with van der Waals surface area (Å²) in [5.74, 6) is 0.983. The van der Waals surface area contributed by atoms with Gasteiger partial charge in [-0.2, -0.15) is 0 Å². The molecule has 1 aliphatic carbocycles. The van der Waals surface area contributed by atoms with Gasteiger partial charge in [0, 0.05) is 17.6 Å². The Morgan fingerprint density at radius 2 is 1.88 bits per heavy atom. The van der Waals surface area contributed by atoms with Gasteiger partial charge in [-0.05, 0) is 49.7 Å². The third kappa shape index (κ3) is 3.18. The van der Waals surface area contributed by atoms with E-state index in [9.17, 15) is 0 Å². The fourth-order valence-corrected chi connectivity index (χ4v) is 5.26. The minimum Gasteiger partial charge on any atom is -0.369 e. The lowest BCUT2D eigenvalue weighted by molar-refractivity contribution is 0.679. The second-order valence-corrected chi connectivity index (χ2v) is 8.24. The quantitative estimate of drug-likeness (QED) is 0.546. The van der Waals surface area contributed by atoms with E-state index in [1.165, 1.54) is 71.9 Å². The molecule has 4 rings (SSSR count). The topological polar surface area (TPSA) is 50.7 Å². The monoisotopic (exact) mass is 368 g/mol. The van der Waals surface area contributed by atoms with Crippen molar-refractivity contribution in [3.05, 3.63) is 23.1 Å². The Kier molecular flexibility index (Phi) is 5.34. The first kappa shape index (κ1) is 17.7. The van der Waals surface area contributed by atoms with Crippen LogP contribution in [0.2, 0.25) is 0 Å². The highest BCUT2D eigenvalue weighted by molar-refractivity contribution is 7.26. The average Bonchev–Trinajstić information content (AvgIpc) is 3.06. The minimum atomic E-state index is 0.978. The van der Waals surface area contributed by atoms with Gasteiger partial charge in [0.25, 0.3) is 0 Å². The highest BCUT2D eigenvalue weighted by Crippen LogP contribution is 2.40. The fourth-order valence-electron chi connectivity index (χ4n) is 4.11. The maximum atomic E-state index is 5.03. The first-order chi connectivity index (χ1) is 12.8. The summed E-state index contributed by atoms with van der Waals surface area (Å²) in [6, 6.07) is 0. The molecule has 0 radical (unpaired) electrons. The Balaban J connectivity index is 1.75. The highest BCUT2D eigenvalue weighted by atomic mass is 32.1. The van der Waals surface area contributed by atoms with Crippen LogP contribution < -0.4 is 5.32 Å². The van der Waals surface area contributed by atoms with Gasteiger partial charge in [-0.1, -0.05) is 33.1 Å². The van der Waals surface area contributed by atoms with E-state index < -0.39 is 0 Å². The van der Waals surface area contributed by atoms with Gasteiger partial charge in [-0.3, -0.25) is 0 Å². The highest BCUT2D eigenvalue weighted by Gasteiger charge is 2.22. The largest absolute Gasteiger partial charge is 0.369 e. The van der Waals surface area contributed by atoms with Crippen LogP contribution in [-0.2, 0) is 19.3 Å². The van der Waals surface area contributed by atoms with Crippen LogP contribution in [0.4, 0.5) is 5.82 Å². The molecule has 3 aromatic heterocycles. The van der Waals surface area contributed by atoms with Gasteiger partial charge in [0.2, 0.25) is 0 Å². The molecule has 5 heteroatoms. The van der Waals surface area contributed by atoms with Crippen molar-refractivity contribution in [2.24, 2.45) is 0 Å². The summed E-state index contributed by atoms with van der Waals surface area (Å²) in [6.07, 6.45) is 12.7. The molecule has 0 bridgehead atoms. The standard InChI is InChI=1S/C21H28N4S/c1-3-5-6-9-12-22-20-19-18(23-13-24-20)17-15-11-8-7-10-14(15)16(4-2)25-21(17)26-19/h13H,3-12H2,1-2H3,(H,22,23,24). The first-order valence-corrected chi connectivity index (χ1v) is 11.0. The molecule has 0 aromatic carbocycles. The third-order valence-electron chi connectivity index (χ3n) is 5.47. The summed E-state index contributed by atoms with van der Waals surface area (Å²) in [5.41, 5.74) is 5.40. The van der Waals surface area contributed by atoms with Crippen LogP contribution in [0.15, 0.2) is 6.33 Å². The molecule has 0 aliphatic heterocycles. The van der Waals surface area contributed by atoms with Crippen molar-refractivity contribution in [3.63, 3.8) is 0 Å². The lowest BCUT2D eigenvalue weighted by Crippen LogP contribution is -2.08. The molecular weight excluding hydrogens is 340 g/mol. The van der Waals surface area contributed by atoms with E-state index in [-0.39, 0.29) is 0 Å². The van der Waals surface area contributed by atoms with E-state index in [1.54, 1.807) is 17.7 Å². The van der Waals surface area contributed by atoms with Crippen LogP contribution in [0.3, 0.4) is 0 Å². The van der Waals surface area contributed by atoms with E-state index in [1.807, 2.05) is 0 Å². The van der Waals surface area contributed by atoms with Crippen LogP contribution >= 0.6 is 11.3 Å². The van der Waals surface area contributed by atoms with Gasteiger partial charge in [0.15, 0.2) is 0 Å². The molecule has 0 unspecified atom stereocenters. The van der Waals surface area contributed by atoms with E-state index in [0.29, 0.717) is 0 Å². The zero-order chi connectivity index (χ0) is 17.9. The predicted molar refractivity (Wildman–Crippen MR) is 111 cm³/mol. The summed E-state index contributed by atoms with van der Waals surface area (Å²) >= 11 is 1.76. The maximum Gasteiger partial charge on any atom is 0.147 e. The smallest absolute Gasteiger partial charge is 0.147 e. The average molecular weight is 369 g/mol. The number of hydrogen-bond acceptors (Lipinski definition) is 5. The number of anilines is 1. The molecule has 1 aliphatic rings. The van der Waals surface area contributed by atoms with Crippen LogP contribution in [0.1, 0.15) is 69.2 Å². The van der Waals surface area contributed by atoms with Gasteiger partial charge in [-0.25, -0.2) is 15.0 Å². The molecule has 0 spiro atoms. The lowest BCUT2D eigenvalue weighted by atomic mass is 9.88. The summed E-state index contributed by atoms with van der Waals surface area (Å²) in [4.78, 5) is 15.4. The van der Waals surface area contributed by atoms with Crippen molar-refractivity contribution in [2.75, 3.05) is 11.9 Å². The summed E-state index contributed by atoms with van der Waals surface area (Å²) in [5, 5.41) is 4.85. The van der Waals surface area contributed by atoms with Gasteiger partial charge >= 0.3 is 0 Å². The minimum absolute atomic E-state index is 0.978. The molecule has 0 atom stereocenters. The summed E-state index contributed by atoms with van der Waals surface area (Å²) in [7, 11) is 0. The molecule has 0 fully saturated rings. The predicted octanol–water partition coefficient (Wildman–Crippen LogP) is 5.67.